The van der Waals surface area contributed by atoms with Gasteiger partial charge < -0.3 is 10.6 Å². The number of nitrogens with zero attached hydrogens (tertiary/aromatic N) is 1. The van der Waals surface area contributed by atoms with Gasteiger partial charge in [-0.25, -0.2) is 4.39 Å². The van der Waals surface area contributed by atoms with Crippen molar-refractivity contribution >= 4 is 5.69 Å². The van der Waals surface area contributed by atoms with Gasteiger partial charge in [0.25, 0.3) is 0 Å². The van der Waals surface area contributed by atoms with E-state index in [0.29, 0.717) is 5.56 Å². The van der Waals surface area contributed by atoms with Gasteiger partial charge in [-0.3, -0.25) is 0 Å². The predicted molar refractivity (Wildman–Crippen MR) is 62.7 cm³/mol. The van der Waals surface area contributed by atoms with Crippen molar-refractivity contribution in [2.75, 3.05) is 18.5 Å². The first kappa shape index (κ1) is 12.0. The minimum absolute atomic E-state index is 0.153. The maximum absolute atomic E-state index is 13.0. The summed E-state index contributed by atoms with van der Waals surface area (Å²) in [5.41, 5.74) is 7.40. The van der Waals surface area contributed by atoms with Crippen molar-refractivity contribution in [3.05, 3.63) is 29.6 Å². The summed E-state index contributed by atoms with van der Waals surface area (Å²) < 4.78 is 13.0. The minimum atomic E-state index is -0.153. The van der Waals surface area contributed by atoms with E-state index in [2.05, 4.69) is 4.90 Å². The molecule has 2 N–H and O–H groups in total. The van der Waals surface area contributed by atoms with E-state index >= 15 is 0 Å². The van der Waals surface area contributed by atoms with E-state index in [0.717, 1.165) is 18.7 Å². The summed E-state index contributed by atoms with van der Waals surface area (Å²) in [6, 6.07) is 5.36. The van der Waals surface area contributed by atoms with E-state index < -0.39 is 0 Å². The van der Waals surface area contributed by atoms with Crippen molar-refractivity contribution in [1.29, 1.82) is 0 Å². The van der Waals surface area contributed by atoms with Gasteiger partial charge in [0.15, 0.2) is 0 Å². The van der Waals surface area contributed by atoms with E-state index in [4.69, 9.17) is 5.73 Å². The number of nitrogens with two attached hydrogens (primary N) is 1. The third kappa shape index (κ3) is 3.51. The largest absolute Gasteiger partial charge is 0.375 e. The van der Waals surface area contributed by atoms with E-state index in [9.17, 15) is 4.39 Å². The molecule has 0 amide bonds. The van der Waals surface area contributed by atoms with E-state index in [1.54, 1.807) is 13.0 Å². The molecule has 1 aromatic rings. The van der Waals surface area contributed by atoms with Crippen LogP contribution in [0.2, 0.25) is 0 Å². The molecule has 0 heterocycles. The first-order valence-electron chi connectivity index (χ1n) is 5.23. The van der Waals surface area contributed by atoms with Crippen LogP contribution in [0.3, 0.4) is 0 Å². The summed E-state index contributed by atoms with van der Waals surface area (Å²) in [7, 11) is 2.00. The predicted octanol–water partition coefficient (Wildman–Crippen LogP) is 2.31. The van der Waals surface area contributed by atoms with Gasteiger partial charge in [-0.2, -0.15) is 0 Å². The van der Waals surface area contributed by atoms with Gasteiger partial charge in [-0.1, -0.05) is 0 Å². The Morgan fingerprint density at radius 1 is 1.47 bits per heavy atom. The summed E-state index contributed by atoms with van der Waals surface area (Å²) in [6.07, 6.45) is 0.937. The van der Waals surface area contributed by atoms with Crippen LogP contribution in [-0.2, 0) is 0 Å². The van der Waals surface area contributed by atoms with Gasteiger partial charge in [0.1, 0.15) is 5.82 Å². The van der Waals surface area contributed by atoms with Crippen LogP contribution in [0.1, 0.15) is 18.9 Å². The van der Waals surface area contributed by atoms with Crippen molar-refractivity contribution in [1.82, 2.24) is 0 Å². The molecule has 0 fully saturated rings. The Morgan fingerprint density at radius 3 is 2.67 bits per heavy atom. The van der Waals surface area contributed by atoms with E-state index in [1.165, 1.54) is 6.07 Å². The average molecular weight is 210 g/mol. The van der Waals surface area contributed by atoms with Crippen LogP contribution in [0.5, 0.6) is 0 Å². The highest BCUT2D eigenvalue weighted by molar-refractivity contribution is 5.47. The lowest BCUT2D eigenvalue weighted by Gasteiger charge is -2.20. The van der Waals surface area contributed by atoms with Gasteiger partial charge in [0, 0.05) is 25.3 Å². The van der Waals surface area contributed by atoms with E-state index in [1.807, 2.05) is 20.0 Å². The third-order valence-electron chi connectivity index (χ3n) is 2.50. The summed E-state index contributed by atoms with van der Waals surface area (Å²) in [5, 5.41) is 0. The van der Waals surface area contributed by atoms with Crippen LogP contribution in [0, 0.1) is 12.7 Å². The highest BCUT2D eigenvalue weighted by atomic mass is 19.1. The van der Waals surface area contributed by atoms with Crippen molar-refractivity contribution in [2.45, 2.75) is 26.3 Å². The minimum Gasteiger partial charge on any atom is -0.375 e. The number of anilines is 1. The molecule has 3 heteroatoms. The number of hydrogen-bond donors (Lipinski definition) is 1. The zero-order chi connectivity index (χ0) is 11.4. The third-order valence-corrected chi connectivity index (χ3v) is 2.50. The van der Waals surface area contributed by atoms with Crippen molar-refractivity contribution in [3.8, 4) is 0 Å². The second-order valence-corrected chi connectivity index (χ2v) is 4.12. The fourth-order valence-electron chi connectivity index (χ4n) is 1.39. The Hall–Kier alpha value is -1.09. The zero-order valence-electron chi connectivity index (χ0n) is 9.63. The van der Waals surface area contributed by atoms with Gasteiger partial charge in [-0.15, -0.1) is 0 Å². The Morgan fingerprint density at radius 2 is 2.13 bits per heavy atom. The first-order valence-corrected chi connectivity index (χ1v) is 5.23. The molecule has 1 rings (SSSR count). The lowest BCUT2D eigenvalue weighted by Crippen LogP contribution is -2.25. The molecule has 0 saturated carbocycles. The van der Waals surface area contributed by atoms with Crippen LogP contribution in [0.25, 0.3) is 0 Å². The van der Waals surface area contributed by atoms with Crippen molar-refractivity contribution < 1.29 is 4.39 Å². The van der Waals surface area contributed by atoms with Crippen LogP contribution in [0.4, 0.5) is 10.1 Å². The molecule has 0 radical (unpaired) electrons. The Balaban J connectivity index is 2.65. The fraction of sp³-hybridized carbons (Fsp3) is 0.500. The molecular weight excluding hydrogens is 191 g/mol. The number of halogens is 1. The molecule has 0 aromatic heterocycles. The van der Waals surface area contributed by atoms with E-state index in [-0.39, 0.29) is 11.9 Å². The maximum atomic E-state index is 13.0. The molecule has 84 valence electrons. The number of benzene rings is 1. The topological polar surface area (TPSA) is 29.3 Å². The van der Waals surface area contributed by atoms with Gasteiger partial charge in [-0.05, 0) is 44.0 Å². The lowest BCUT2D eigenvalue weighted by molar-refractivity contribution is 0.617. The molecule has 1 unspecified atom stereocenters. The summed E-state index contributed by atoms with van der Waals surface area (Å²) >= 11 is 0. The molecule has 1 atom stereocenters. The molecule has 2 nitrogen and oxygen atoms in total. The number of rotatable bonds is 4. The molecule has 0 aliphatic heterocycles. The Bertz CT molecular complexity index is 323. The quantitative estimate of drug-likeness (QED) is 0.826. The van der Waals surface area contributed by atoms with Crippen molar-refractivity contribution in [2.24, 2.45) is 5.73 Å². The van der Waals surface area contributed by atoms with Crippen molar-refractivity contribution in [3.63, 3.8) is 0 Å². The van der Waals surface area contributed by atoms with Crippen LogP contribution in [0.15, 0.2) is 18.2 Å². The molecular formula is C12H19FN2. The van der Waals surface area contributed by atoms with Crippen LogP contribution in [-0.4, -0.2) is 19.6 Å². The second-order valence-electron chi connectivity index (χ2n) is 4.12. The summed E-state index contributed by atoms with van der Waals surface area (Å²) in [6.45, 7) is 4.66. The number of hydrogen-bond acceptors (Lipinski definition) is 2. The molecule has 0 bridgehead atoms. The normalized spacial score (nSPS) is 12.6. The SMILES string of the molecule is Cc1cc(N(C)CCC(C)N)ccc1F. The second kappa shape index (κ2) is 5.12. The van der Waals surface area contributed by atoms with Gasteiger partial charge in [0.2, 0.25) is 0 Å². The van der Waals surface area contributed by atoms with Gasteiger partial charge >= 0.3 is 0 Å². The standard InChI is InChI=1S/C12H19FN2/c1-9-8-11(4-5-12(9)13)15(3)7-6-10(2)14/h4-5,8,10H,6-7,14H2,1-3H3. The molecule has 0 spiro atoms. The monoisotopic (exact) mass is 210 g/mol. The summed E-state index contributed by atoms with van der Waals surface area (Å²) in [4.78, 5) is 2.09. The molecule has 0 aliphatic carbocycles. The van der Waals surface area contributed by atoms with Crippen LogP contribution < -0.4 is 10.6 Å². The highest BCUT2D eigenvalue weighted by Gasteiger charge is 2.04. The Kier molecular flexibility index (Phi) is 4.09. The smallest absolute Gasteiger partial charge is 0.126 e. The fourth-order valence-corrected chi connectivity index (χ4v) is 1.39. The lowest BCUT2D eigenvalue weighted by atomic mass is 10.2. The van der Waals surface area contributed by atoms with Gasteiger partial charge in [0.05, 0.1) is 0 Å². The zero-order valence-corrected chi connectivity index (χ0v) is 9.63. The summed E-state index contributed by atoms with van der Waals surface area (Å²) in [5.74, 6) is -0.153. The highest BCUT2D eigenvalue weighted by Crippen LogP contribution is 2.17. The van der Waals surface area contributed by atoms with Crippen LogP contribution >= 0.6 is 0 Å². The molecule has 15 heavy (non-hydrogen) atoms. The maximum Gasteiger partial charge on any atom is 0.126 e. The molecule has 0 aliphatic rings. The number of aryl methyl sites for hydroxylation is 1. The first-order chi connectivity index (χ1) is 7.00. The molecule has 0 saturated heterocycles. The average Bonchev–Trinajstić information content (AvgIpc) is 2.18. The Labute approximate surface area is 90.9 Å². The molecule has 1 aromatic carbocycles.